The molecule has 2 aromatic rings. The van der Waals surface area contributed by atoms with E-state index in [9.17, 15) is 0 Å². The molecule has 0 saturated heterocycles. The van der Waals surface area contributed by atoms with E-state index < -0.39 is 0 Å². The fourth-order valence-corrected chi connectivity index (χ4v) is 2.20. The Morgan fingerprint density at radius 3 is 3.11 bits per heavy atom. The third-order valence-electron chi connectivity index (χ3n) is 3.04. The van der Waals surface area contributed by atoms with E-state index in [2.05, 4.69) is 28.3 Å². The lowest BCUT2D eigenvalue weighted by atomic mass is 10.0. The number of fused-ring (bicyclic) bond motifs is 1. The second-order valence-corrected chi connectivity index (χ2v) is 4.23. The summed E-state index contributed by atoms with van der Waals surface area (Å²) in [4.78, 5) is 8.91. The Balaban J connectivity index is 1.94. The zero-order chi connectivity index (χ0) is 12.4. The largest absolute Gasteiger partial charge is 0.492 e. The minimum Gasteiger partial charge on any atom is -0.492 e. The van der Waals surface area contributed by atoms with Crippen molar-refractivity contribution in [1.29, 1.82) is 0 Å². The summed E-state index contributed by atoms with van der Waals surface area (Å²) in [7, 11) is 0. The van der Waals surface area contributed by atoms with E-state index in [1.165, 1.54) is 5.56 Å². The van der Waals surface area contributed by atoms with Gasteiger partial charge in [0.05, 0.1) is 5.92 Å². The molecule has 0 saturated carbocycles. The van der Waals surface area contributed by atoms with Crippen molar-refractivity contribution in [3.8, 4) is 5.75 Å². The number of ether oxygens (including phenoxy) is 1. The number of nitrogens with zero attached hydrogens (tertiary/aromatic N) is 2. The molecule has 0 bridgehead atoms. The Morgan fingerprint density at radius 1 is 1.33 bits per heavy atom. The van der Waals surface area contributed by atoms with Gasteiger partial charge in [0.15, 0.2) is 0 Å². The average molecular weight is 241 g/mol. The van der Waals surface area contributed by atoms with Gasteiger partial charge in [-0.1, -0.05) is 18.2 Å². The highest BCUT2D eigenvalue weighted by atomic mass is 16.5. The quantitative estimate of drug-likeness (QED) is 0.896. The Hall–Kier alpha value is -2.10. The van der Waals surface area contributed by atoms with E-state index in [4.69, 9.17) is 4.74 Å². The highest BCUT2D eigenvalue weighted by molar-refractivity contribution is 5.44. The molecule has 92 valence electrons. The molecule has 1 aliphatic rings. The van der Waals surface area contributed by atoms with Gasteiger partial charge in [-0.3, -0.25) is 0 Å². The van der Waals surface area contributed by atoms with Gasteiger partial charge in [-0.25, -0.2) is 9.97 Å². The Labute approximate surface area is 106 Å². The number of anilines is 1. The van der Waals surface area contributed by atoms with E-state index in [1.807, 2.05) is 24.3 Å². The van der Waals surface area contributed by atoms with Crippen molar-refractivity contribution in [3.05, 3.63) is 47.9 Å². The summed E-state index contributed by atoms with van der Waals surface area (Å²) >= 11 is 0. The van der Waals surface area contributed by atoms with Crippen LogP contribution >= 0.6 is 0 Å². The van der Waals surface area contributed by atoms with E-state index in [1.54, 1.807) is 6.20 Å². The van der Waals surface area contributed by atoms with E-state index in [0.29, 0.717) is 6.61 Å². The van der Waals surface area contributed by atoms with Gasteiger partial charge < -0.3 is 10.1 Å². The molecular weight excluding hydrogens is 226 g/mol. The third kappa shape index (κ3) is 1.90. The van der Waals surface area contributed by atoms with Crippen LogP contribution in [0.3, 0.4) is 0 Å². The zero-order valence-corrected chi connectivity index (χ0v) is 10.3. The maximum absolute atomic E-state index is 5.66. The van der Waals surface area contributed by atoms with Crippen LogP contribution in [0.1, 0.15) is 24.2 Å². The second-order valence-electron chi connectivity index (χ2n) is 4.23. The molecule has 3 rings (SSSR count). The number of nitrogens with one attached hydrogen (secondary N) is 1. The molecule has 1 atom stereocenters. The zero-order valence-electron chi connectivity index (χ0n) is 10.3. The van der Waals surface area contributed by atoms with E-state index >= 15 is 0 Å². The number of rotatable bonds is 3. The van der Waals surface area contributed by atoms with Gasteiger partial charge in [-0.2, -0.15) is 0 Å². The molecular formula is C14H15N3O. The fraction of sp³-hybridized carbons (Fsp3) is 0.286. The maximum atomic E-state index is 5.66. The van der Waals surface area contributed by atoms with Crippen LogP contribution < -0.4 is 10.1 Å². The average Bonchev–Trinajstić information content (AvgIpc) is 2.83. The summed E-state index contributed by atoms with van der Waals surface area (Å²) in [6.07, 6.45) is 1.79. The number of aromatic nitrogens is 2. The van der Waals surface area contributed by atoms with Gasteiger partial charge in [0.2, 0.25) is 0 Å². The molecule has 2 heterocycles. The lowest BCUT2D eigenvalue weighted by Crippen LogP contribution is -2.09. The van der Waals surface area contributed by atoms with E-state index in [-0.39, 0.29) is 5.92 Å². The molecule has 1 aromatic carbocycles. The summed E-state index contributed by atoms with van der Waals surface area (Å²) < 4.78 is 5.66. The number of benzene rings is 1. The van der Waals surface area contributed by atoms with Crippen molar-refractivity contribution in [2.75, 3.05) is 18.5 Å². The SMILES string of the molecule is CCNc1ccnc(C2COc3ccccc32)n1. The van der Waals surface area contributed by atoms with Crippen molar-refractivity contribution in [3.63, 3.8) is 0 Å². The molecule has 0 spiro atoms. The molecule has 0 amide bonds. The van der Waals surface area contributed by atoms with Crippen molar-refractivity contribution < 1.29 is 4.74 Å². The summed E-state index contributed by atoms with van der Waals surface area (Å²) in [5, 5.41) is 3.20. The summed E-state index contributed by atoms with van der Waals surface area (Å²) in [6.45, 7) is 3.53. The molecule has 4 heteroatoms. The van der Waals surface area contributed by atoms with Crippen molar-refractivity contribution in [1.82, 2.24) is 9.97 Å². The minimum absolute atomic E-state index is 0.139. The van der Waals surface area contributed by atoms with Gasteiger partial charge >= 0.3 is 0 Å². The minimum atomic E-state index is 0.139. The fourth-order valence-electron chi connectivity index (χ4n) is 2.20. The first-order chi connectivity index (χ1) is 8.88. The lowest BCUT2D eigenvalue weighted by Gasteiger charge is -2.09. The van der Waals surface area contributed by atoms with Crippen molar-refractivity contribution in [2.45, 2.75) is 12.8 Å². The molecule has 0 fully saturated rings. The first kappa shape index (κ1) is 11.0. The third-order valence-corrected chi connectivity index (χ3v) is 3.04. The Bertz CT molecular complexity index is 556. The highest BCUT2D eigenvalue weighted by Crippen LogP contribution is 2.36. The van der Waals surface area contributed by atoms with Crippen molar-refractivity contribution >= 4 is 5.82 Å². The highest BCUT2D eigenvalue weighted by Gasteiger charge is 2.27. The normalized spacial score (nSPS) is 17.1. The van der Waals surface area contributed by atoms with Crippen LogP contribution in [0.25, 0.3) is 0 Å². The van der Waals surface area contributed by atoms with Crippen LogP contribution in [-0.2, 0) is 0 Å². The first-order valence-electron chi connectivity index (χ1n) is 6.17. The molecule has 1 unspecified atom stereocenters. The Morgan fingerprint density at radius 2 is 2.22 bits per heavy atom. The molecule has 1 N–H and O–H groups in total. The molecule has 1 aromatic heterocycles. The number of hydrogen-bond donors (Lipinski definition) is 1. The van der Waals surface area contributed by atoms with Gasteiger partial charge in [0.25, 0.3) is 0 Å². The number of hydrogen-bond acceptors (Lipinski definition) is 4. The summed E-state index contributed by atoms with van der Waals surface area (Å²) in [6, 6.07) is 9.96. The summed E-state index contributed by atoms with van der Waals surface area (Å²) in [5.74, 6) is 2.77. The molecule has 18 heavy (non-hydrogen) atoms. The van der Waals surface area contributed by atoms with Crippen LogP contribution in [0.2, 0.25) is 0 Å². The van der Waals surface area contributed by atoms with Crippen LogP contribution in [0.15, 0.2) is 36.5 Å². The molecule has 0 radical (unpaired) electrons. The molecule has 0 aliphatic carbocycles. The van der Waals surface area contributed by atoms with Crippen molar-refractivity contribution in [2.24, 2.45) is 0 Å². The van der Waals surface area contributed by atoms with Gasteiger partial charge in [0, 0.05) is 18.3 Å². The van der Waals surface area contributed by atoms with Gasteiger partial charge in [-0.05, 0) is 19.1 Å². The predicted molar refractivity (Wildman–Crippen MR) is 70.0 cm³/mol. The summed E-state index contributed by atoms with van der Waals surface area (Å²) in [5.41, 5.74) is 1.17. The van der Waals surface area contributed by atoms with Crippen LogP contribution in [0.4, 0.5) is 5.82 Å². The molecule has 4 nitrogen and oxygen atoms in total. The standard InChI is InChI=1S/C14H15N3O/c1-2-15-13-7-8-16-14(17-13)11-9-18-12-6-4-3-5-10(11)12/h3-8,11H,2,9H2,1H3,(H,15,16,17). The van der Waals surface area contributed by atoms with Gasteiger partial charge in [0.1, 0.15) is 24.0 Å². The first-order valence-corrected chi connectivity index (χ1v) is 6.17. The second kappa shape index (κ2) is 4.64. The number of para-hydroxylation sites is 1. The predicted octanol–water partition coefficient (Wildman–Crippen LogP) is 2.43. The smallest absolute Gasteiger partial charge is 0.141 e. The monoisotopic (exact) mass is 241 g/mol. The van der Waals surface area contributed by atoms with Crippen LogP contribution in [0, 0.1) is 0 Å². The topological polar surface area (TPSA) is 47.0 Å². The van der Waals surface area contributed by atoms with Gasteiger partial charge in [-0.15, -0.1) is 0 Å². The maximum Gasteiger partial charge on any atom is 0.141 e. The van der Waals surface area contributed by atoms with Crippen LogP contribution in [-0.4, -0.2) is 23.1 Å². The van der Waals surface area contributed by atoms with E-state index in [0.717, 1.165) is 23.9 Å². The molecule has 1 aliphatic heterocycles. The lowest BCUT2D eigenvalue weighted by molar-refractivity contribution is 0.340. The Kier molecular flexibility index (Phi) is 2.84. The van der Waals surface area contributed by atoms with Crippen LogP contribution in [0.5, 0.6) is 5.75 Å².